The van der Waals surface area contributed by atoms with Crippen molar-refractivity contribution in [3.8, 4) is 0 Å². The van der Waals surface area contributed by atoms with Gasteiger partial charge in [0, 0.05) is 18.5 Å². The average Bonchev–Trinajstić information content (AvgIpc) is 2.25. The third-order valence-corrected chi connectivity index (χ3v) is 1.46. The number of carbonyl (C=O) groups is 1. The van der Waals surface area contributed by atoms with Crippen LogP contribution in [0.4, 0.5) is 0 Å². The van der Waals surface area contributed by atoms with Crippen LogP contribution >= 0.6 is 0 Å². The fourth-order valence-electron chi connectivity index (χ4n) is 0.781. The molecule has 0 aliphatic carbocycles. The topological polar surface area (TPSA) is 64.1 Å². The molecule has 5 nitrogen and oxygen atoms in total. The number of ether oxygens (including phenoxy) is 1. The lowest BCUT2D eigenvalue weighted by Gasteiger charge is -1.98. The Kier molecular flexibility index (Phi) is 4.13. The van der Waals surface area contributed by atoms with Crippen molar-refractivity contribution >= 4 is 5.97 Å². The molecule has 5 heteroatoms. The Hall–Kier alpha value is -1.91. The van der Waals surface area contributed by atoms with Gasteiger partial charge in [0.25, 0.3) is 0 Å². The summed E-state index contributed by atoms with van der Waals surface area (Å²) in [5.74, 6) is -0.389. The Morgan fingerprint density at radius 2 is 2.57 bits per heavy atom. The van der Waals surface area contributed by atoms with Gasteiger partial charge < -0.3 is 10.1 Å². The zero-order valence-corrected chi connectivity index (χ0v) is 7.80. The first-order chi connectivity index (χ1) is 6.83. The molecule has 0 saturated carbocycles. The molecule has 74 valence electrons. The predicted octanol–water partition coefficient (Wildman–Crippen LogP) is 0.253. The van der Waals surface area contributed by atoms with E-state index in [4.69, 9.17) is 0 Å². The molecule has 0 unspecified atom stereocenters. The second kappa shape index (κ2) is 5.69. The summed E-state index contributed by atoms with van der Waals surface area (Å²) in [5, 5.41) is 2.90. The number of nitrogens with one attached hydrogen (secondary N) is 1. The summed E-state index contributed by atoms with van der Waals surface area (Å²) in [4.78, 5) is 18.4. The zero-order valence-electron chi connectivity index (χ0n) is 7.80. The Balaban J connectivity index is 2.29. The van der Waals surface area contributed by atoms with E-state index in [0.717, 1.165) is 5.69 Å². The van der Waals surface area contributed by atoms with Crippen LogP contribution in [0.25, 0.3) is 0 Å². The van der Waals surface area contributed by atoms with Gasteiger partial charge >= 0.3 is 5.97 Å². The fraction of sp³-hybridized carbons (Fsp3) is 0.222. The number of hydrogen-bond donors (Lipinski definition) is 1. The van der Waals surface area contributed by atoms with Gasteiger partial charge in [0.15, 0.2) is 0 Å². The molecule has 0 atom stereocenters. The van der Waals surface area contributed by atoms with Gasteiger partial charge in [-0.25, -0.2) is 14.8 Å². The maximum Gasteiger partial charge on any atom is 0.331 e. The van der Waals surface area contributed by atoms with Crippen molar-refractivity contribution in [1.29, 1.82) is 0 Å². The number of rotatable bonds is 4. The van der Waals surface area contributed by atoms with E-state index in [1.54, 1.807) is 12.3 Å². The largest absolute Gasteiger partial charge is 0.466 e. The molecule has 0 saturated heterocycles. The van der Waals surface area contributed by atoms with Gasteiger partial charge in [-0.15, -0.1) is 0 Å². The highest BCUT2D eigenvalue weighted by atomic mass is 16.5. The van der Waals surface area contributed by atoms with Crippen molar-refractivity contribution in [3.63, 3.8) is 0 Å². The monoisotopic (exact) mass is 193 g/mol. The number of aromatic nitrogens is 2. The van der Waals surface area contributed by atoms with Gasteiger partial charge in [-0.3, -0.25) is 0 Å². The van der Waals surface area contributed by atoms with E-state index in [-0.39, 0.29) is 5.97 Å². The third kappa shape index (κ3) is 3.66. The standard InChI is InChI=1S/C9H11N3O2/c1-14-9(13)3-5-10-6-8-2-4-11-7-12-8/h2-5,7,10H,6H2,1H3/b5-3+. The molecule has 14 heavy (non-hydrogen) atoms. The summed E-state index contributed by atoms with van der Waals surface area (Å²) in [6.45, 7) is 0.552. The van der Waals surface area contributed by atoms with Crippen LogP contribution in [0.2, 0.25) is 0 Å². The first-order valence-corrected chi connectivity index (χ1v) is 4.05. The van der Waals surface area contributed by atoms with Crippen molar-refractivity contribution in [3.05, 3.63) is 36.6 Å². The molecule has 1 rings (SSSR count). The van der Waals surface area contributed by atoms with E-state index in [1.807, 2.05) is 0 Å². The van der Waals surface area contributed by atoms with Crippen LogP contribution in [0.15, 0.2) is 30.9 Å². The van der Waals surface area contributed by atoms with Crippen LogP contribution in [0, 0.1) is 0 Å². The number of nitrogens with zero attached hydrogens (tertiary/aromatic N) is 2. The number of carbonyl (C=O) groups excluding carboxylic acids is 1. The lowest BCUT2D eigenvalue weighted by atomic mass is 10.4. The highest BCUT2D eigenvalue weighted by Crippen LogP contribution is 1.89. The molecule has 0 aliphatic heterocycles. The van der Waals surface area contributed by atoms with Crippen molar-refractivity contribution in [2.45, 2.75) is 6.54 Å². The van der Waals surface area contributed by atoms with Crippen LogP contribution in [0.5, 0.6) is 0 Å². The summed E-state index contributed by atoms with van der Waals surface area (Å²) >= 11 is 0. The second-order valence-electron chi connectivity index (χ2n) is 2.44. The minimum absolute atomic E-state index is 0.389. The summed E-state index contributed by atoms with van der Waals surface area (Å²) in [5.41, 5.74) is 0.856. The van der Waals surface area contributed by atoms with E-state index < -0.39 is 0 Å². The van der Waals surface area contributed by atoms with Gasteiger partial charge in [0.05, 0.1) is 19.3 Å². The molecular weight excluding hydrogens is 182 g/mol. The van der Waals surface area contributed by atoms with Crippen LogP contribution in [0.1, 0.15) is 5.69 Å². The maximum atomic E-state index is 10.6. The Labute approximate surface area is 81.8 Å². The van der Waals surface area contributed by atoms with Crippen LogP contribution in [-0.4, -0.2) is 23.0 Å². The molecule has 0 amide bonds. The molecule has 0 radical (unpaired) electrons. The SMILES string of the molecule is COC(=O)/C=C/NCc1ccncn1. The Morgan fingerprint density at radius 1 is 1.71 bits per heavy atom. The average molecular weight is 193 g/mol. The molecule has 0 aliphatic rings. The zero-order chi connectivity index (χ0) is 10.2. The molecule has 1 heterocycles. The van der Waals surface area contributed by atoms with E-state index in [1.165, 1.54) is 25.7 Å². The Bertz CT molecular complexity index is 311. The van der Waals surface area contributed by atoms with Gasteiger partial charge in [-0.05, 0) is 6.07 Å². The number of hydrogen-bond acceptors (Lipinski definition) is 5. The summed E-state index contributed by atoms with van der Waals surface area (Å²) in [7, 11) is 1.33. The summed E-state index contributed by atoms with van der Waals surface area (Å²) in [6.07, 6.45) is 5.96. The quantitative estimate of drug-likeness (QED) is 0.548. The van der Waals surface area contributed by atoms with Crippen molar-refractivity contribution in [1.82, 2.24) is 15.3 Å². The first-order valence-electron chi connectivity index (χ1n) is 4.05. The van der Waals surface area contributed by atoms with E-state index in [9.17, 15) is 4.79 Å². The van der Waals surface area contributed by atoms with Crippen LogP contribution in [0.3, 0.4) is 0 Å². The first kappa shape index (κ1) is 10.2. The van der Waals surface area contributed by atoms with Crippen LogP contribution < -0.4 is 5.32 Å². The minimum Gasteiger partial charge on any atom is -0.466 e. The third-order valence-electron chi connectivity index (χ3n) is 1.46. The number of esters is 1. The molecule has 0 bridgehead atoms. The Morgan fingerprint density at radius 3 is 3.21 bits per heavy atom. The maximum absolute atomic E-state index is 10.6. The molecule has 1 aromatic rings. The molecule has 1 aromatic heterocycles. The van der Waals surface area contributed by atoms with E-state index >= 15 is 0 Å². The lowest BCUT2D eigenvalue weighted by molar-refractivity contribution is -0.134. The molecule has 0 fully saturated rings. The molecular formula is C9H11N3O2. The highest BCUT2D eigenvalue weighted by Gasteiger charge is 1.91. The van der Waals surface area contributed by atoms with Gasteiger partial charge in [-0.1, -0.05) is 0 Å². The fourth-order valence-corrected chi connectivity index (χ4v) is 0.781. The summed E-state index contributed by atoms with van der Waals surface area (Å²) < 4.78 is 4.41. The molecule has 0 spiro atoms. The molecule has 0 aromatic carbocycles. The van der Waals surface area contributed by atoms with Crippen molar-refractivity contribution in [2.24, 2.45) is 0 Å². The van der Waals surface area contributed by atoms with Crippen molar-refractivity contribution in [2.75, 3.05) is 7.11 Å². The van der Waals surface area contributed by atoms with Gasteiger partial charge in [0.1, 0.15) is 6.33 Å². The minimum atomic E-state index is -0.389. The van der Waals surface area contributed by atoms with E-state index in [0.29, 0.717) is 6.54 Å². The van der Waals surface area contributed by atoms with Gasteiger partial charge in [0.2, 0.25) is 0 Å². The second-order valence-corrected chi connectivity index (χ2v) is 2.44. The predicted molar refractivity (Wildman–Crippen MR) is 50.0 cm³/mol. The molecule has 1 N–H and O–H groups in total. The van der Waals surface area contributed by atoms with E-state index in [2.05, 4.69) is 20.0 Å². The summed E-state index contributed by atoms with van der Waals surface area (Å²) in [6, 6.07) is 1.79. The smallest absolute Gasteiger partial charge is 0.331 e. The normalized spacial score (nSPS) is 10.1. The van der Waals surface area contributed by atoms with Crippen LogP contribution in [-0.2, 0) is 16.1 Å². The number of methoxy groups -OCH3 is 1. The van der Waals surface area contributed by atoms with Gasteiger partial charge in [-0.2, -0.15) is 0 Å². The lowest BCUT2D eigenvalue weighted by Crippen LogP contribution is -2.07. The highest BCUT2D eigenvalue weighted by molar-refractivity contribution is 5.81. The van der Waals surface area contributed by atoms with Crippen molar-refractivity contribution < 1.29 is 9.53 Å².